The average Bonchev–Trinajstić information content (AvgIpc) is 2.01. The normalized spacial score (nSPS) is 9.21. The molecule has 0 N–H and O–H groups in total. The largest absolute Gasteiger partial charge is 0.471 e. The molecular formula is C13H32F3O2Y-. The van der Waals surface area contributed by atoms with Crippen molar-refractivity contribution in [1.82, 2.24) is 0 Å². The summed E-state index contributed by atoms with van der Waals surface area (Å²) < 4.78 is 39.0. The van der Waals surface area contributed by atoms with Crippen LogP contribution in [0.25, 0.3) is 0 Å². The third-order valence-electron chi connectivity index (χ3n) is 1.12. The Balaban J connectivity index is -0.0000000330. The van der Waals surface area contributed by atoms with E-state index >= 15 is 0 Å². The van der Waals surface area contributed by atoms with Crippen LogP contribution in [-0.4, -0.2) is 25.7 Å². The number of esters is 1. The van der Waals surface area contributed by atoms with Crippen molar-refractivity contribution in [2.75, 3.05) is 13.8 Å². The molecule has 0 bridgehead atoms. The minimum atomic E-state index is -2.92. The summed E-state index contributed by atoms with van der Waals surface area (Å²) in [6.45, 7) is 3.30. The van der Waals surface area contributed by atoms with Gasteiger partial charge in [0.05, 0.1) is 13.8 Å². The molecule has 0 aromatic heterocycles. The van der Waals surface area contributed by atoms with Crippen molar-refractivity contribution in [1.29, 1.82) is 0 Å². The molecule has 19 heavy (non-hydrogen) atoms. The van der Waals surface area contributed by atoms with Crippen molar-refractivity contribution in [2.45, 2.75) is 56.4 Å². The molecule has 0 aliphatic rings. The van der Waals surface area contributed by atoms with Gasteiger partial charge in [-0.05, 0) is 13.8 Å². The maximum absolute atomic E-state index is 12.2. The fourth-order valence-electron chi connectivity index (χ4n) is 0.693. The third-order valence-corrected chi connectivity index (χ3v) is 1.12. The van der Waals surface area contributed by atoms with Gasteiger partial charge in [0.2, 0.25) is 0 Å². The summed E-state index contributed by atoms with van der Waals surface area (Å²) in [5.74, 6) is -4.43. The van der Waals surface area contributed by atoms with Gasteiger partial charge in [0.1, 0.15) is 5.92 Å². The van der Waals surface area contributed by atoms with Gasteiger partial charge in [-0.25, -0.2) is 15.2 Å². The van der Waals surface area contributed by atoms with E-state index in [2.05, 4.69) is 4.74 Å². The summed E-state index contributed by atoms with van der Waals surface area (Å²) in [6.07, 6.45) is 0.652. The van der Waals surface area contributed by atoms with E-state index in [1.165, 1.54) is 21.0 Å². The first-order valence-electron chi connectivity index (χ1n) is 4.16. The Morgan fingerprint density at radius 1 is 1.26 bits per heavy atom. The van der Waals surface area contributed by atoms with Gasteiger partial charge < -0.3 is 4.74 Å². The Labute approximate surface area is 143 Å². The van der Waals surface area contributed by atoms with Gasteiger partial charge in [0, 0.05) is 32.7 Å². The molecule has 1 unspecified atom stereocenters. The van der Waals surface area contributed by atoms with E-state index in [1.807, 2.05) is 0 Å². The average molecular weight is 366 g/mol. The van der Waals surface area contributed by atoms with Crippen LogP contribution in [0.1, 0.15) is 50.5 Å². The van der Waals surface area contributed by atoms with Crippen LogP contribution >= 0.6 is 0 Å². The smallest absolute Gasteiger partial charge is 0.278 e. The van der Waals surface area contributed by atoms with Crippen LogP contribution in [0.4, 0.5) is 13.2 Å². The van der Waals surface area contributed by atoms with E-state index in [4.69, 9.17) is 0 Å². The van der Waals surface area contributed by atoms with Crippen molar-refractivity contribution >= 4 is 5.97 Å². The number of methoxy groups -OCH3 is 1. The molecule has 0 amide bonds. The molecule has 0 aromatic carbocycles. The van der Waals surface area contributed by atoms with Crippen molar-refractivity contribution < 1.29 is 55.4 Å². The van der Waals surface area contributed by atoms with Gasteiger partial charge in [-0.15, -0.1) is 0 Å². The van der Waals surface area contributed by atoms with Crippen molar-refractivity contribution in [3.8, 4) is 0 Å². The molecule has 0 saturated heterocycles. The minimum Gasteiger partial charge on any atom is -0.471 e. The Bertz CT molecular complexity index is 162. The van der Waals surface area contributed by atoms with Gasteiger partial charge in [0.25, 0.3) is 5.97 Å². The van der Waals surface area contributed by atoms with Crippen molar-refractivity contribution in [3.63, 3.8) is 0 Å². The van der Waals surface area contributed by atoms with Gasteiger partial charge in [-0.2, -0.15) is 0 Å². The molecule has 0 saturated carbocycles. The SMILES string of the molecule is C.C.C.C.CCF.COC(=O)C(C)[CH-]C(C)(F)F.[Y]. The maximum Gasteiger partial charge on any atom is 0.278 e. The fraction of sp³-hybridized carbons (Fsp3) is 0.846. The molecule has 121 valence electrons. The van der Waals surface area contributed by atoms with Gasteiger partial charge in [0.15, 0.2) is 0 Å². The van der Waals surface area contributed by atoms with E-state index in [9.17, 15) is 18.0 Å². The number of alkyl halides is 3. The number of ether oxygens (including phenoxy) is 1. The van der Waals surface area contributed by atoms with Crippen LogP contribution in [0, 0.1) is 12.3 Å². The molecule has 2 nitrogen and oxygen atoms in total. The minimum absolute atomic E-state index is 0. The zero-order valence-corrected chi connectivity index (χ0v) is 12.2. The monoisotopic (exact) mass is 366 g/mol. The standard InChI is InChI=1S/C7H11F2O2.C2H5F.4CH4.Y/c1-5(6(10)11-3)4-7(2,8)9;1-2-3;;;;;/h4-5H,1-3H3;2H2,1H3;4*1H4;/q-1;;;;;;. The first-order chi connectivity index (χ1) is 6.28. The van der Waals surface area contributed by atoms with Crippen LogP contribution in [0.2, 0.25) is 0 Å². The predicted molar refractivity (Wildman–Crippen MR) is 74.7 cm³/mol. The van der Waals surface area contributed by atoms with Crippen LogP contribution in [0.5, 0.6) is 0 Å². The van der Waals surface area contributed by atoms with E-state index < -0.39 is 17.8 Å². The zero-order chi connectivity index (χ0) is 11.8. The van der Waals surface area contributed by atoms with E-state index in [1.54, 1.807) is 0 Å². The van der Waals surface area contributed by atoms with Crippen LogP contribution in [-0.2, 0) is 42.2 Å². The van der Waals surface area contributed by atoms with Gasteiger partial charge >= 0.3 is 0 Å². The Morgan fingerprint density at radius 2 is 1.53 bits per heavy atom. The summed E-state index contributed by atoms with van der Waals surface area (Å²) >= 11 is 0. The second-order valence-corrected chi connectivity index (χ2v) is 2.70. The summed E-state index contributed by atoms with van der Waals surface area (Å²) in [5.41, 5.74) is 0. The number of halogens is 3. The second kappa shape index (κ2) is 23.5. The third kappa shape index (κ3) is 38.1. The summed E-state index contributed by atoms with van der Waals surface area (Å²) in [7, 11) is 1.17. The topological polar surface area (TPSA) is 26.3 Å². The van der Waals surface area contributed by atoms with E-state index in [-0.39, 0.29) is 69.1 Å². The molecule has 0 aliphatic heterocycles. The van der Waals surface area contributed by atoms with Crippen LogP contribution in [0.3, 0.4) is 0 Å². The zero-order valence-electron chi connectivity index (χ0n) is 9.39. The Hall–Kier alpha value is 0.364. The van der Waals surface area contributed by atoms with Crippen LogP contribution < -0.4 is 0 Å². The second-order valence-electron chi connectivity index (χ2n) is 2.70. The molecule has 1 radical (unpaired) electrons. The molecule has 0 aromatic rings. The van der Waals surface area contributed by atoms with Crippen molar-refractivity contribution in [3.05, 3.63) is 6.42 Å². The number of rotatable bonds is 3. The van der Waals surface area contributed by atoms with E-state index in [0.29, 0.717) is 6.42 Å². The summed E-state index contributed by atoms with van der Waals surface area (Å²) in [6, 6.07) is 0. The van der Waals surface area contributed by atoms with Gasteiger partial charge in [-0.3, -0.25) is 9.18 Å². The number of carbonyl (C=O) groups excluding carboxylic acids is 1. The molecule has 0 fully saturated rings. The molecular weight excluding hydrogens is 334 g/mol. The fourth-order valence-corrected chi connectivity index (χ4v) is 0.693. The molecule has 0 rings (SSSR count). The molecule has 0 aliphatic carbocycles. The summed E-state index contributed by atoms with van der Waals surface area (Å²) in [5, 5.41) is 0. The first-order valence-corrected chi connectivity index (χ1v) is 4.16. The maximum atomic E-state index is 12.2. The van der Waals surface area contributed by atoms with Crippen LogP contribution in [0.15, 0.2) is 0 Å². The molecule has 1 atom stereocenters. The van der Waals surface area contributed by atoms with Crippen molar-refractivity contribution in [2.24, 2.45) is 5.92 Å². The molecule has 0 spiro atoms. The quantitative estimate of drug-likeness (QED) is 0.509. The predicted octanol–water partition coefficient (Wildman–Crippen LogP) is 5.17. The van der Waals surface area contributed by atoms with Gasteiger partial charge in [-0.1, -0.05) is 42.5 Å². The number of hydrogen-bond acceptors (Lipinski definition) is 2. The first kappa shape index (κ1) is 42.7. The Morgan fingerprint density at radius 3 is 1.68 bits per heavy atom. The molecule has 6 heteroatoms. The summed E-state index contributed by atoms with van der Waals surface area (Å²) in [4.78, 5) is 10.6. The Kier molecular flexibility index (Phi) is 52.7. The number of carbonyl (C=O) groups is 1. The van der Waals surface area contributed by atoms with E-state index in [0.717, 1.165) is 6.92 Å². The molecule has 0 heterocycles. The number of hydrogen-bond donors (Lipinski definition) is 0.